The van der Waals surface area contributed by atoms with E-state index in [-0.39, 0.29) is 17.1 Å². The van der Waals surface area contributed by atoms with Gasteiger partial charge >= 0.3 is 0 Å². The number of benzene rings is 2. The molecule has 2 nitrogen and oxygen atoms in total. The average Bonchev–Trinajstić information content (AvgIpc) is 2.88. The van der Waals surface area contributed by atoms with Gasteiger partial charge < -0.3 is 10.7 Å². The quantitative estimate of drug-likeness (QED) is 0.697. The van der Waals surface area contributed by atoms with Gasteiger partial charge in [0.25, 0.3) is 0 Å². The van der Waals surface area contributed by atoms with Gasteiger partial charge in [-0.3, -0.25) is 0 Å². The molecule has 0 saturated heterocycles. The number of nitrogens with one attached hydrogen (secondary N) is 1. The van der Waals surface area contributed by atoms with E-state index in [4.69, 9.17) is 5.73 Å². The van der Waals surface area contributed by atoms with Gasteiger partial charge in [0.05, 0.1) is 10.3 Å². The van der Waals surface area contributed by atoms with Crippen LogP contribution in [0.4, 0.5) is 4.39 Å². The summed E-state index contributed by atoms with van der Waals surface area (Å²) in [4.78, 5) is 3.40. The lowest BCUT2D eigenvalue weighted by Gasteiger charge is -2.20. The summed E-state index contributed by atoms with van der Waals surface area (Å²) < 4.78 is 13.1. The molecule has 0 saturated carbocycles. The van der Waals surface area contributed by atoms with Crippen molar-refractivity contribution in [3.63, 3.8) is 0 Å². The molecule has 21 heavy (non-hydrogen) atoms. The maximum atomic E-state index is 13.1. The monoisotopic (exact) mass is 300 g/mol. The highest BCUT2D eigenvalue weighted by Crippen LogP contribution is 2.37. The summed E-state index contributed by atoms with van der Waals surface area (Å²) in [6.45, 7) is 1.98. The number of aromatic nitrogens is 1. The Balaban J connectivity index is 1.89. The number of hydrogen-bond donors (Lipinski definition) is 2. The van der Waals surface area contributed by atoms with Gasteiger partial charge in [-0.1, -0.05) is 42.1 Å². The summed E-state index contributed by atoms with van der Waals surface area (Å²) in [7, 11) is 0. The number of nitrogens with two attached hydrogens (primary N) is 1. The first-order valence-electron chi connectivity index (χ1n) is 6.89. The third-order valence-electron chi connectivity index (χ3n) is 3.44. The molecule has 2 atom stereocenters. The van der Waals surface area contributed by atoms with Gasteiger partial charge in [0.1, 0.15) is 5.82 Å². The number of hydrogen-bond acceptors (Lipinski definition) is 2. The molecular weight excluding hydrogens is 283 g/mol. The molecule has 0 bridgehead atoms. The molecule has 3 aromatic rings. The van der Waals surface area contributed by atoms with Crippen molar-refractivity contribution >= 4 is 22.7 Å². The molecule has 0 aliphatic heterocycles. The molecule has 1 heterocycles. The van der Waals surface area contributed by atoms with Gasteiger partial charge in [-0.2, -0.15) is 0 Å². The first-order chi connectivity index (χ1) is 10.1. The Morgan fingerprint density at radius 2 is 1.81 bits per heavy atom. The molecule has 0 spiro atoms. The molecule has 0 fully saturated rings. The van der Waals surface area contributed by atoms with Gasteiger partial charge in [0.2, 0.25) is 0 Å². The Labute approximate surface area is 127 Å². The predicted molar refractivity (Wildman–Crippen MR) is 86.9 cm³/mol. The lowest BCUT2D eigenvalue weighted by Crippen LogP contribution is -2.22. The minimum atomic E-state index is -0.224. The molecule has 0 radical (unpaired) electrons. The lowest BCUT2D eigenvalue weighted by atomic mass is 10.1. The second-order valence-electron chi connectivity index (χ2n) is 5.17. The van der Waals surface area contributed by atoms with E-state index < -0.39 is 0 Å². The molecule has 0 aliphatic rings. The Morgan fingerprint density at radius 1 is 1.10 bits per heavy atom. The van der Waals surface area contributed by atoms with Crippen molar-refractivity contribution in [2.75, 3.05) is 0 Å². The van der Waals surface area contributed by atoms with E-state index in [1.807, 2.05) is 19.1 Å². The topological polar surface area (TPSA) is 41.8 Å². The fraction of sp³-hybridized carbons (Fsp3) is 0.176. The van der Waals surface area contributed by atoms with E-state index in [1.54, 1.807) is 23.9 Å². The van der Waals surface area contributed by atoms with Crippen molar-refractivity contribution in [3.05, 3.63) is 66.0 Å². The number of halogens is 1. The molecule has 1 aromatic heterocycles. The first-order valence-corrected chi connectivity index (χ1v) is 7.77. The van der Waals surface area contributed by atoms with E-state index >= 15 is 0 Å². The van der Waals surface area contributed by atoms with E-state index in [9.17, 15) is 4.39 Å². The van der Waals surface area contributed by atoms with Crippen LogP contribution in [-0.2, 0) is 0 Å². The third-order valence-corrected chi connectivity index (χ3v) is 4.86. The van der Waals surface area contributed by atoms with Crippen LogP contribution in [0.5, 0.6) is 0 Å². The normalized spacial score (nSPS) is 14.2. The van der Waals surface area contributed by atoms with Crippen LogP contribution in [0.2, 0.25) is 0 Å². The summed E-state index contributed by atoms with van der Waals surface area (Å²) in [5, 5.41) is 2.34. The van der Waals surface area contributed by atoms with Gasteiger partial charge in [0.15, 0.2) is 0 Å². The number of para-hydroxylation sites is 1. The Hall–Kier alpha value is -1.78. The summed E-state index contributed by atoms with van der Waals surface area (Å²) in [6, 6.07) is 16.8. The number of rotatable bonds is 4. The molecule has 2 unspecified atom stereocenters. The van der Waals surface area contributed by atoms with Crippen LogP contribution < -0.4 is 5.73 Å². The Bertz CT molecular complexity index is 701. The van der Waals surface area contributed by atoms with Crippen LogP contribution >= 0.6 is 11.8 Å². The maximum absolute atomic E-state index is 13.1. The molecule has 0 amide bonds. The molecule has 0 aliphatic carbocycles. The largest absolute Gasteiger partial charge is 0.350 e. The highest BCUT2D eigenvalue weighted by molar-refractivity contribution is 7.99. The molecule has 3 rings (SSSR count). The minimum absolute atomic E-state index is 0.0353. The zero-order valence-corrected chi connectivity index (χ0v) is 12.5. The summed E-state index contributed by atoms with van der Waals surface area (Å²) in [6.07, 6.45) is 0. The highest BCUT2D eigenvalue weighted by atomic mass is 32.2. The fourth-order valence-electron chi connectivity index (χ4n) is 2.38. The van der Waals surface area contributed by atoms with Crippen molar-refractivity contribution < 1.29 is 4.39 Å². The standard InChI is InChI=1S/C17H17FN2S/c1-11(19)17(12-6-8-14(18)9-7-12)21-16-10-13-4-2-3-5-15(13)20-16/h2-11,17,20H,19H2,1H3. The molecule has 4 heteroatoms. The summed E-state index contributed by atoms with van der Waals surface area (Å²) >= 11 is 1.68. The van der Waals surface area contributed by atoms with E-state index in [0.29, 0.717) is 0 Å². The van der Waals surface area contributed by atoms with Crippen molar-refractivity contribution in [2.45, 2.75) is 23.2 Å². The van der Waals surface area contributed by atoms with Crippen LogP contribution in [0.25, 0.3) is 10.9 Å². The Kier molecular flexibility index (Phi) is 3.99. The number of thioether (sulfide) groups is 1. The zero-order chi connectivity index (χ0) is 14.8. The van der Waals surface area contributed by atoms with E-state index in [2.05, 4.69) is 23.2 Å². The Morgan fingerprint density at radius 3 is 2.48 bits per heavy atom. The lowest BCUT2D eigenvalue weighted by molar-refractivity contribution is 0.625. The smallest absolute Gasteiger partial charge is 0.123 e. The third kappa shape index (κ3) is 3.12. The van der Waals surface area contributed by atoms with Crippen LogP contribution in [0.15, 0.2) is 59.6 Å². The zero-order valence-electron chi connectivity index (χ0n) is 11.7. The second kappa shape index (κ2) is 5.92. The summed E-state index contributed by atoms with van der Waals surface area (Å²) in [5.74, 6) is -0.224. The van der Waals surface area contributed by atoms with Crippen molar-refractivity contribution in [1.29, 1.82) is 0 Å². The van der Waals surface area contributed by atoms with Gasteiger partial charge in [-0.05, 0) is 36.8 Å². The van der Waals surface area contributed by atoms with E-state index in [1.165, 1.54) is 17.5 Å². The van der Waals surface area contributed by atoms with Gasteiger partial charge in [0, 0.05) is 16.9 Å². The SMILES string of the molecule is CC(N)C(Sc1cc2ccccc2[nH]1)c1ccc(F)cc1. The van der Waals surface area contributed by atoms with E-state index in [0.717, 1.165) is 16.1 Å². The number of aromatic amines is 1. The van der Waals surface area contributed by atoms with Crippen molar-refractivity contribution in [3.8, 4) is 0 Å². The van der Waals surface area contributed by atoms with Crippen LogP contribution in [-0.4, -0.2) is 11.0 Å². The first kappa shape index (κ1) is 14.2. The van der Waals surface area contributed by atoms with Crippen LogP contribution in [0.1, 0.15) is 17.7 Å². The minimum Gasteiger partial charge on any atom is -0.350 e. The highest BCUT2D eigenvalue weighted by Gasteiger charge is 2.18. The number of H-pyrrole nitrogens is 1. The fourth-order valence-corrected chi connectivity index (χ4v) is 3.52. The number of fused-ring (bicyclic) bond motifs is 1. The van der Waals surface area contributed by atoms with Crippen LogP contribution in [0, 0.1) is 5.82 Å². The molecule has 2 aromatic carbocycles. The molecular formula is C17H17FN2S. The average molecular weight is 300 g/mol. The van der Waals surface area contributed by atoms with Crippen molar-refractivity contribution in [2.24, 2.45) is 5.73 Å². The predicted octanol–water partition coefficient (Wildman–Crippen LogP) is 4.49. The second-order valence-corrected chi connectivity index (χ2v) is 6.35. The van der Waals surface area contributed by atoms with Gasteiger partial charge in [-0.15, -0.1) is 0 Å². The molecule has 3 N–H and O–H groups in total. The van der Waals surface area contributed by atoms with Crippen molar-refractivity contribution in [1.82, 2.24) is 4.98 Å². The van der Waals surface area contributed by atoms with Gasteiger partial charge in [-0.25, -0.2) is 4.39 Å². The molecule has 108 valence electrons. The van der Waals surface area contributed by atoms with Crippen LogP contribution in [0.3, 0.4) is 0 Å². The maximum Gasteiger partial charge on any atom is 0.123 e. The summed E-state index contributed by atoms with van der Waals surface area (Å²) in [5.41, 5.74) is 8.27.